The Kier molecular flexibility index (Phi) is 2.78. The summed E-state index contributed by atoms with van der Waals surface area (Å²) in [4.78, 5) is 12.1. The van der Waals surface area contributed by atoms with Gasteiger partial charge in [0.25, 0.3) is 5.56 Å². The second kappa shape index (κ2) is 4.09. The minimum Gasteiger partial charge on any atom is -0.330 e. The summed E-state index contributed by atoms with van der Waals surface area (Å²) in [6, 6.07) is 1.80. The molecule has 0 bridgehead atoms. The Morgan fingerprint density at radius 1 is 1.50 bits per heavy atom. The molecule has 0 aliphatic carbocycles. The quantitative estimate of drug-likeness (QED) is 0.814. The van der Waals surface area contributed by atoms with E-state index in [1.165, 1.54) is 0 Å². The Labute approximate surface area is 93.5 Å². The van der Waals surface area contributed by atoms with Crippen LogP contribution in [0.15, 0.2) is 23.3 Å². The predicted molar refractivity (Wildman–Crippen MR) is 62.4 cm³/mol. The first kappa shape index (κ1) is 10.9. The molecule has 0 aromatic carbocycles. The van der Waals surface area contributed by atoms with E-state index in [4.69, 9.17) is 5.73 Å². The summed E-state index contributed by atoms with van der Waals surface area (Å²) >= 11 is 0. The smallest absolute Gasteiger partial charge is 0.276 e. The van der Waals surface area contributed by atoms with Crippen molar-refractivity contribution in [3.63, 3.8) is 0 Å². The summed E-state index contributed by atoms with van der Waals surface area (Å²) in [6.07, 6.45) is 3.56. The number of rotatable bonds is 3. The third kappa shape index (κ3) is 1.86. The van der Waals surface area contributed by atoms with Crippen LogP contribution in [-0.4, -0.2) is 20.7 Å². The molecule has 2 N–H and O–H groups in total. The monoisotopic (exact) mass is 220 g/mol. The summed E-state index contributed by atoms with van der Waals surface area (Å²) in [5.41, 5.74) is 7.01. The van der Waals surface area contributed by atoms with Crippen molar-refractivity contribution in [3.05, 3.63) is 34.5 Å². The maximum atomic E-state index is 12.1. The Balaban J connectivity index is 2.48. The largest absolute Gasteiger partial charge is 0.330 e. The van der Waals surface area contributed by atoms with E-state index in [0.717, 1.165) is 5.69 Å². The van der Waals surface area contributed by atoms with Crippen molar-refractivity contribution in [2.24, 2.45) is 11.7 Å². The summed E-state index contributed by atoms with van der Waals surface area (Å²) in [5, 5.41) is 4.19. The van der Waals surface area contributed by atoms with Crippen LogP contribution in [0.4, 0.5) is 0 Å². The second-order valence-corrected chi connectivity index (χ2v) is 4.21. The van der Waals surface area contributed by atoms with E-state index < -0.39 is 0 Å². The van der Waals surface area contributed by atoms with E-state index in [-0.39, 0.29) is 5.56 Å². The van der Waals surface area contributed by atoms with Crippen molar-refractivity contribution in [2.45, 2.75) is 20.4 Å². The molecular formula is C11H16N4O. The van der Waals surface area contributed by atoms with Crippen molar-refractivity contribution >= 4 is 5.52 Å². The summed E-state index contributed by atoms with van der Waals surface area (Å²) in [7, 11) is 0. The topological polar surface area (TPSA) is 65.3 Å². The van der Waals surface area contributed by atoms with Crippen LogP contribution in [0.1, 0.15) is 12.6 Å². The molecule has 5 heteroatoms. The van der Waals surface area contributed by atoms with Crippen molar-refractivity contribution in [3.8, 4) is 0 Å². The highest BCUT2D eigenvalue weighted by Gasteiger charge is 2.07. The molecule has 0 aliphatic heterocycles. The van der Waals surface area contributed by atoms with Gasteiger partial charge < -0.3 is 10.3 Å². The molecule has 0 amide bonds. The number of hydrogen-bond donors (Lipinski definition) is 1. The molecule has 0 saturated heterocycles. The van der Waals surface area contributed by atoms with Crippen LogP contribution in [0.5, 0.6) is 0 Å². The fraction of sp³-hybridized carbons (Fsp3) is 0.455. The van der Waals surface area contributed by atoms with E-state index in [1.807, 2.05) is 13.8 Å². The van der Waals surface area contributed by atoms with Crippen molar-refractivity contribution in [1.82, 2.24) is 14.2 Å². The highest BCUT2D eigenvalue weighted by molar-refractivity contribution is 5.44. The molecule has 2 aromatic heterocycles. The van der Waals surface area contributed by atoms with Crippen LogP contribution in [0.3, 0.4) is 0 Å². The number of nitrogens with two attached hydrogens (primary N) is 1. The van der Waals surface area contributed by atoms with E-state index in [2.05, 4.69) is 5.10 Å². The van der Waals surface area contributed by atoms with Gasteiger partial charge in [0.1, 0.15) is 5.52 Å². The second-order valence-electron chi connectivity index (χ2n) is 4.21. The van der Waals surface area contributed by atoms with Crippen molar-refractivity contribution < 1.29 is 0 Å². The lowest BCUT2D eigenvalue weighted by atomic mass is 10.2. The molecule has 16 heavy (non-hydrogen) atoms. The molecule has 0 spiro atoms. The third-order valence-electron chi connectivity index (χ3n) is 2.64. The molecule has 1 atom stereocenters. The molecule has 86 valence electrons. The van der Waals surface area contributed by atoms with Crippen molar-refractivity contribution in [2.75, 3.05) is 6.54 Å². The maximum absolute atomic E-state index is 12.1. The zero-order valence-corrected chi connectivity index (χ0v) is 9.55. The molecule has 5 nitrogen and oxygen atoms in total. The first-order valence-corrected chi connectivity index (χ1v) is 5.37. The molecule has 2 heterocycles. The van der Waals surface area contributed by atoms with Crippen LogP contribution in [-0.2, 0) is 6.54 Å². The normalized spacial score (nSPS) is 13.2. The SMILES string of the molecule is Cc1cc2c(=O)n(CC(C)CN)ccn2n1. The average Bonchev–Trinajstić information content (AvgIpc) is 2.64. The number of aryl methyl sites for hydroxylation is 1. The molecule has 0 aliphatic rings. The number of hydrogen-bond acceptors (Lipinski definition) is 3. The van der Waals surface area contributed by atoms with Gasteiger partial charge in [-0.3, -0.25) is 4.79 Å². The van der Waals surface area contributed by atoms with Gasteiger partial charge in [-0.1, -0.05) is 6.92 Å². The van der Waals surface area contributed by atoms with E-state index >= 15 is 0 Å². The maximum Gasteiger partial charge on any atom is 0.276 e. The van der Waals surface area contributed by atoms with Gasteiger partial charge >= 0.3 is 0 Å². The average molecular weight is 220 g/mol. The van der Waals surface area contributed by atoms with Gasteiger partial charge in [0, 0.05) is 18.9 Å². The Morgan fingerprint density at radius 3 is 2.94 bits per heavy atom. The number of nitrogens with zero attached hydrogens (tertiary/aromatic N) is 3. The van der Waals surface area contributed by atoms with Crippen LogP contribution in [0.2, 0.25) is 0 Å². The molecule has 0 fully saturated rings. The summed E-state index contributed by atoms with van der Waals surface area (Å²) < 4.78 is 3.30. The Morgan fingerprint density at radius 2 is 2.25 bits per heavy atom. The van der Waals surface area contributed by atoms with Gasteiger partial charge in [0.2, 0.25) is 0 Å². The van der Waals surface area contributed by atoms with E-state index in [0.29, 0.717) is 24.5 Å². The molecule has 0 radical (unpaired) electrons. The highest BCUT2D eigenvalue weighted by atomic mass is 16.1. The molecule has 1 unspecified atom stereocenters. The van der Waals surface area contributed by atoms with Crippen molar-refractivity contribution in [1.29, 1.82) is 0 Å². The molecule has 0 saturated carbocycles. The fourth-order valence-electron chi connectivity index (χ4n) is 1.70. The Bertz CT molecular complexity index is 555. The van der Waals surface area contributed by atoms with Gasteiger partial charge in [0.05, 0.1) is 5.69 Å². The van der Waals surface area contributed by atoms with Gasteiger partial charge in [-0.15, -0.1) is 0 Å². The van der Waals surface area contributed by atoms with Gasteiger partial charge in [0.15, 0.2) is 0 Å². The summed E-state index contributed by atoms with van der Waals surface area (Å²) in [5.74, 6) is 0.296. The fourth-order valence-corrected chi connectivity index (χ4v) is 1.70. The summed E-state index contributed by atoms with van der Waals surface area (Å²) in [6.45, 7) is 5.13. The Hall–Kier alpha value is -1.62. The number of aromatic nitrogens is 3. The lowest BCUT2D eigenvalue weighted by Crippen LogP contribution is -2.26. The van der Waals surface area contributed by atoms with Crippen LogP contribution < -0.4 is 11.3 Å². The van der Waals surface area contributed by atoms with Gasteiger partial charge in [-0.2, -0.15) is 5.10 Å². The van der Waals surface area contributed by atoms with Crippen LogP contribution in [0.25, 0.3) is 5.52 Å². The van der Waals surface area contributed by atoms with E-state index in [9.17, 15) is 4.79 Å². The first-order valence-electron chi connectivity index (χ1n) is 5.37. The highest BCUT2D eigenvalue weighted by Crippen LogP contribution is 2.01. The van der Waals surface area contributed by atoms with Crippen LogP contribution >= 0.6 is 0 Å². The predicted octanol–water partition coefficient (Wildman–Crippen LogP) is 0.399. The van der Waals surface area contributed by atoms with Crippen LogP contribution in [0, 0.1) is 12.8 Å². The third-order valence-corrected chi connectivity index (χ3v) is 2.64. The zero-order chi connectivity index (χ0) is 11.7. The lowest BCUT2D eigenvalue weighted by Gasteiger charge is -2.10. The standard InChI is InChI=1S/C11H16N4O/c1-8(6-12)7-14-3-4-15-10(11(14)16)5-9(2)13-15/h3-5,8H,6-7,12H2,1-2H3. The minimum absolute atomic E-state index is 0.0107. The van der Waals surface area contributed by atoms with Gasteiger partial charge in [-0.25, -0.2) is 4.52 Å². The van der Waals surface area contributed by atoms with E-state index in [1.54, 1.807) is 27.5 Å². The molecule has 2 aromatic rings. The zero-order valence-electron chi connectivity index (χ0n) is 9.55. The first-order chi connectivity index (χ1) is 7.61. The molecule has 2 rings (SSSR count). The molecular weight excluding hydrogens is 204 g/mol. The lowest BCUT2D eigenvalue weighted by molar-refractivity contribution is 0.481. The minimum atomic E-state index is -0.0107. The number of fused-ring (bicyclic) bond motifs is 1. The van der Waals surface area contributed by atoms with Gasteiger partial charge in [-0.05, 0) is 25.5 Å².